The maximum Gasteiger partial charge on any atom is 0.270 e. The fourth-order valence-corrected chi connectivity index (χ4v) is 1.99. The first-order valence-electron chi connectivity index (χ1n) is 6.38. The van der Waals surface area contributed by atoms with Crippen LogP contribution in [-0.4, -0.2) is 28.5 Å². The molecule has 1 aromatic heterocycles. The van der Waals surface area contributed by atoms with Crippen LogP contribution in [0.1, 0.15) is 44.1 Å². The van der Waals surface area contributed by atoms with Gasteiger partial charge in [-0.3, -0.25) is 4.79 Å². The Morgan fingerprint density at radius 3 is 2.35 bits per heavy atom. The van der Waals surface area contributed by atoms with Crippen LogP contribution in [0, 0.1) is 0 Å². The van der Waals surface area contributed by atoms with E-state index < -0.39 is 0 Å². The van der Waals surface area contributed by atoms with E-state index in [4.69, 9.17) is 5.73 Å². The third kappa shape index (κ3) is 3.25. The number of anilines is 1. The van der Waals surface area contributed by atoms with Crippen LogP contribution in [0.2, 0.25) is 0 Å². The zero-order valence-electron chi connectivity index (χ0n) is 11.1. The summed E-state index contributed by atoms with van der Waals surface area (Å²) in [7, 11) is 0. The Morgan fingerprint density at radius 1 is 1.29 bits per heavy atom. The van der Waals surface area contributed by atoms with Crippen LogP contribution in [0.4, 0.5) is 5.69 Å². The number of hydrogen-bond donors (Lipinski definition) is 1. The van der Waals surface area contributed by atoms with Crippen molar-refractivity contribution in [3.63, 3.8) is 0 Å². The van der Waals surface area contributed by atoms with Gasteiger partial charge in [-0.25, -0.2) is 0 Å². The second-order valence-electron chi connectivity index (χ2n) is 4.24. The molecule has 2 N–H and O–H groups in total. The van der Waals surface area contributed by atoms with Crippen LogP contribution in [-0.2, 0) is 6.54 Å². The van der Waals surface area contributed by atoms with Gasteiger partial charge >= 0.3 is 0 Å². The molecule has 96 valence electrons. The first-order chi connectivity index (χ1) is 8.13. The third-order valence-corrected chi connectivity index (χ3v) is 2.75. The third-order valence-electron chi connectivity index (χ3n) is 2.75. The SMILES string of the molecule is CCCN(CCC)C(=O)c1cc(N)cn1CC. The second-order valence-corrected chi connectivity index (χ2v) is 4.24. The minimum atomic E-state index is 0.0900. The van der Waals surface area contributed by atoms with E-state index >= 15 is 0 Å². The second kappa shape index (κ2) is 6.33. The van der Waals surface area contributed by atoms with Crippen molar-refractivity contribution in [2.45, 2.75) is 40.2 Å². The number of carbonyl (C=O) groups excluding carboxylic acids is 1. The minimum Gasteiger partial charge on any atom is -0.397 e. The fraction of sp³-hybridized carbons (Fsp3) is 0.615. The normalized spacial score (nSPS) is 10.5. The van der Waals surface area contributed by atoms with Crippen molar-refractivity contribution in [1.82, 2.24) is 9.47 Å². The zero-order chi connectivity index (χ0) is 12.8. The predicted octanol–water partition coefficient (Wildman–Crippen LogP) is 2.35. The van der Waals surface area contributed by atoms with E-state index in [1.807, 2.05) is 22.6 Å². The molecule has 4 nitrogen and oxygen atoms in total. The maximum atomic E-state index is 12.4. The standard InChI is InChI=1S/C13H23N3O/c1-4-7-16(8-5-2)13(17)12-9-11(14)10-15(12)6-3/h9-10H,4-8,14H2,1-3H3. The van der Waals surface area contributed by atoms with E-state index in [1.165, 1.54) is 0 Å². The van der Waals surface area contributed by atoms with E-state index in [9.17, 15) is 4.79 Å². The molecule has 0 atom stereocenters. The first kappa shape index (κ1) is 13.6. The van der Waals surface area contributed by atoms with Crippen LogP contribution < -0.4 is 5.73 Å². The van der Waals surface area contributed by atoms with Gasteiger partial charge in [0.05, 0.1) is 5.69 Å². The largest absolute Gasteiger partial charge is 0.397 e. The average molecular weight is 237 g/mol. The number of hydrogen-bond acceptors (Lipinski definition) is 2. The lowest BCUT2D eigenvalue weighted by atomic mass is 10.3. The predicted molar refractivity (Wildman–Crippen MR) is 71.0 cm³/mol. The lowest BCUT2D eigenvalue weighted by Gasteiger charge is -2.21. The molecule has 0 saturated heterocycles. The molecule has 1 heterocycles. The van der Waals surface area contributed by atoms with Crippen molar-refractivity contribution in [2.24, 2.45) is 0 Å². The Kier molecular flexibility index (Phi) is 5.07. The quantitative estimate of drug-likeness (QED) is 0.825. The summed E-state index contributed by atoms with van der Waals surface area (Å²) in [6.07, 6.45) is 3.78. The Bertz CT molecular complexity index is 365. The molecule has 0 spiro atoms. The molecule has 17 heavy (non-hydrogen) atoms. The highest BCUT2D eigenvalue weighted by Crippen LogP contribution is 2.13. The molecule has 0 unspecified atom stereocenters. The summed E-state index contributed by atoms with van der Waals surface area (Å²) in [5.41, 5.74) is 7.11. The minimum absolute atomic E-state index is 0.0900. The maximum absolute atomic E-state index is 12.4. The molecule has 0 fully saturated rings. The number of rotatable bonds is 6. The van der Waals surface area contributed by atoms with E-state index in [1.54, 1.807) is 6.07 Å². The van der Waals surface area contributed by atoms with Crippen LogP contribution in [0.5, 0.6) is 0 Å². The average Bonchev–Trinajstić information content (AvgIpc) is 2.69. The summed E-state index contributed by atoms with van der Waals surface area (Å²) in [4.78, 5) is 14.3. The van der Waals surface area contributed by atoms with Gasteiger partial charge in [0.1, 0.15) is 5.69 Å². The van der Waals surface area contributed by atoms with Gasteiger partial charge in [0.15, 0.2) is 0 Å². The Morgan fingerprint density at radius 2 is 1.88 bits per heavy atom. The molecule has 0 aromatic carbocycles. The number of nitrogens with two attached hydrogens (primary N) is 1. The molecule has 1 amide bonds. The summed E-state index contributed by atoms with van der Waals surface area (Å²) in [5.74, 6) is 0.0900. The van der Waals surface area contributed by atoms with Gasteiger partial charge in [0, 0.05) is 25.8 Å². The van der Waals surface area contributed by atoms with Crippen molar-refractivity contribution in [2.75, 3.05) is 18.8 Å². The number of nitrogen functional groups attached to an aromatic ring is 1. The van der Waals surface area contributed by atoms with Crippen molar-refractivity contribution in [1.29, 1.82) is 0 Å². The van der Waals surface area contributed by atoms with Gasteiger partial charge in [-0.15, -0.1) is 0 Å². The van der Waals surface area contributed by atoms with Crippen LogP contribution in [0.15, 0.2) is 12.3 Å². The molecule has 0 saturated carbocycles. The Labute approximate surface area is 103 Å². The summed E-state index contributed by atoms with van der Waals surface area (Å²) >= 11 is 0. The lowest BCUT2D eigenvalue weighted by molar-refractivity contribution is 0.0745. The van der Waals surface area contributed by atoms with Gasteiger partial charge in [0.2, 0.25) is 0 Å². The lowest BCUT2D eigenvalue weighted by Crippen LogP contribution is -2.33. The van der Waals surface area contributed by atoms with Crippen molar-refractivity contribution < 1.29 is 4.79 Å². The summed E-state index contributed by atoms with van der Waals surface area (Å²) in [6, 6.07) is 1.77. The highest BCUT2D eigenvalue weighted by molar-refractivity contribution is 5.93. The van der Waals surface area contributed by atoms with Gasteiger partial charge < -0.3 is 15.2 Å². The Balaban J connectivity index is 2.91. The topological polar surface area (TPSA) is 51.3 Å². The molecule has 0 radical (unpaired) electrons. The molecule has 1 rings (SSSR count). The van der Waals surface area contributed by atoms with E-state index in [0.717, 1.165) is 32.5 Å². The Hall–Kier alpha value is -1.45. The molecule has 0 aliphatic carbocycles. The molecule has 0 aliphatic rings. The smallest absolute Gasteiger partial charge is 0.270 e. The summed E-state index contributed by atoms with van der Waals surface area (Å²) < 4.78 is 1.91. The summed E-state index contributed by atoms with van der Waals surface area (Å²) in [6.45, 7) is 8.57. The molecular formula is C13H23N3O. The molecule has 0 bridgehead atoms. The number of aromatic nitrogens is 1. The highest BCUT2D eigenvalue weighted by Gasteiger charge is 2.18. The van der Waals surface area contributed by atoms with Crippen molar-refractivity contribution in [3.8, 4) is 0 Å². The number of amides is 1. The monoisotopic (exact) mass is 237 g/mol. The van der Waals surface area contributed by atoms with Crippen molar-refractivity contribution >= 4 is 11.6 Å². The zero-order valence-corrected chi connectivity index (χ0v) is 11.1. The van der Waals surface area contributed by atoms with Crippen LogP contribution >= 0.6 is 0 Å². The fourth-order valence-electron chi connectivity index (χ4n) is 1.99. The van der Waals surface area contributed by atoms with E-state index in [-0.39, 0.29) is 5.91 Å². The highest BCUT2D eigenvalue weighted by atomic mass is 16.2. The van der Waals surface area contributed by atoms with Crippen LogP contribution in [0.3, 0.4) is 0 Å². The van der Waals surface area contributed by atoms with Gasteiger partial charge in [-0.2, -0.15) is 0 Å². The van der Waals surface area contributed by atoms with Gasteiger partial charge in [-0.05, 0) is 25.8 Å². The van der Waals surface area contributed by atoms with E-state index in [2.05, 4.69) is 13.8 Å². The molecule has 0 aliphatic heterocycles. The van der Waals surface area contributed by atoms with Crippen molar-refractivity contribution in [3.05, 3.63) is 18.0 Å². The first-order valence-corrected chi connectivity index (χ1v) is 6.38. The van der Waals surface area contributed by atoms with E-state index in [0.29, 0.717) is 11.4 Å². The summed E-state index contributed by atoms with van der Waals surface area (Å²) in [5, 5.41) is 0. The number of carbonyl (C=O) groups is 1. The number of aryl methyl sites for hydroxylation is 1. The van der Waals surface area contributed by atoms with Crippen LogP contribution in [0.25, 0.3) is 0 Å². The number of nitrogens with zero attached hydrogens (tertiary/aromatic N) is 2. The molecular weight excluding hydrogens is 214 g/mol. The van der Waals surface area contributed by atoms with Gasteiger partial charge in [0.25, 0.3) is 5.91 Å². The molecule has 4 heteroatoms. The molecule has 1 aromatic rings. The van der Waals surface area contributed by atoms with Gasteiger partial charge in [-0.1, -0.05) is 13.8 Å².